The molecule has 0 saturated heterocycles. The molecule has 0 spiro atoms. The minimum absolute atomic E-state index is 0.201. The molecule has 1 aromatic heterocycles. The molecule has 0 aliphatic heterocycles. The summed E-state index contributed by atoms with van der Waals surface area (Å²) in [6, 6.07) is -1.60. The van der Waals surface area contributed by atoms with Crippen molar-refractivity contribution in [2.75, 3.05) is 26.2 Å². The smallest absolute Gasteiger partial charge is 0.280 e. The fraction of sp³-hybridized carbons (Fsp3) is 0.429. The Morgan fingerprint density at radius 1 is 0.966 bits per heavy atom. The number of amides is 3. The van der Waals surface area contributed by atoms with Gasteiger partial charge in [0.25, 0.3) is 11.9 Å². The van der Waals surface area contributed by atoms with Crippen LogP contribution in [0.15, 0.2) is 0 Å². The van der Waals surface area contributed by atoms with E-state index < -0.39 is 66.9 Å². The topological polar surface area (TPSA) is 172 Å². The standard InChI is InChI=1S/C14H17F3N6O6/c1-6(25)2-18-8(26)3-19-9(27)4-20-14(28)7(5-24)23-29-11-10(15)12(16)21-22-13(11)17/h7,23-24H,2-5H2,1H3,(H,18,26)(H,19,27)(H,20,28)/t7-/m0/s1. The molecule has 0 aromatic carbocycles. The third-order valence-corrected chi connectivity index (χ3v) is 3.00. The number of aromatic nitrogens is 2. The maximum atomic E-state index is 13.4. The van der Waals surface area contributed by atoms with Gasteiger partial charge in [0.15, 0.2) is 0 Å². The van der Waals surface area contributed by atoms with Crippen LogP contribution in [0, 0.1) is 17.7 Å². The number of hydroxylamine groups is 1. The van der Waals surface area contributed by atoms with Crippen LogP contribution in [0.2, 0.25) is 0 Å². The Morgan fingerprint density at radius 2 is 1.52 bits per heavy atom. The second-order valence-electron chi connectivity index (χ2n) is 5.35. The molecule has 0 saturated carbocycles. The quantitative estimate of drug-likeness (QED) is 0.234. The zero-order chi connectivity index (χ0) is 22.0. The van der Waals surface area contributed by atoms with E-state index in [-0.39, 0.29) is 12.3 Å². The van der Waals surface area contributed by atoms with Crippen LogP contribution in [0.4, 0.5) is 13.2 Å². The molecule has 0 bridgehead atoms. The van der Waals surface area contributed by atoms with Gasteiger partial charge in [0.05, 0.1) is 26.2 Å². The van der Waals surface area contributed by atoms with Crippen molar-refractivity contribution >= 4 is 23.5 Å². The lowest BCUT2D eigenvalue weighted by molar-refractivity contribution is -0.130. The lowest BCUT2D eigenvalue weighted by Crippen LogP contribution is -2.50. The zero-order valence-corrected chi connectivity index (χ0v) is 14.9. The molecule has 0 unspecified atom stereocenters. The van der Waals surface area contributed by atoms with E-state index in [0.29, 0.717) is 0 Å². The van der Waals surface area contributed by atoms with Crippen LogP contribution in [0.25, 0.3) is 0 Å². The van der Waals surface area contributed by atoms with Crippen LogP contribution in [-0.4, -0.2) is 71.1 Å². The first-order valence-electron chi connectivity index (χ1n) is 7.86. The minimum Gasteiger partial charge on any atom is -0.400 e. The number of carbonyl (C=O) groups excluding carboxylic acids is 4. The van der Waals surface area contributed by atoms with Crippen molar-refractivity contribution in [3.63, 3.8) is 0 Å². The third-order valence-electron chi connectivity index (χ3n) is 3.00. The summed E-state index contributed by atoms with van der Waals surface area (Å²) in [5.41, 5.74) is 1.79. The van der Waals surface area contributed by atoms with Crippen molar-refractivity contribution in [3.05, 3.63) is 17.7 Å². The van der Waals surface area contributed by atoms with Crippen molar-refractivity contribution in [1.29, 1.82) is 0 Å². The maximum Gasteiger partial charge on any atom is 0.280 e. The molecular weight excluding hydrogens is 405 g/mol. The summed E-state index contributed by atoms with van der Waals surface area (Å²) < 4.78 is 39.6. The van der Waals surface area contributed by atoms with E-state index in [9.17, 15) is 32.3 Å². The molecule has 29 heavy (non-hydrogen) atoms. The molecule has 1 heterocycles. The van der Waals surface area contributed by atoms with Gasteiger partial charge >= 0.3 is 0 Å². The van der Waals surface area contributed by atoms with E-state index in [1.54, 1.807) is 5.48 Å². The number of aliphatic hydroxyl groups is 1. The van der Waals surface area contributed by atoms with Crippen LogP contribution in [0.1, 0.15) is 6.92 Å². The van der Waals surface area contributed by atoms with Crippen molar-refractivity contribution in [2.45, 2.75) is 13.0 Å². The highest BCUT2D eigenvalue weighted by molar-refractivity contribution is 5.90. The number of hydrogen-bond donors (Lipinski definition) is 5. The molecule has 5 N–H and O–H groups in total. The number of Topliss-reactive ketones (excluding diaryl/α,β-unsaturated/α-hetero) is 1. The zero-order valence-electron chi connectivity index (χ0n) is 14.9. The Balaban J connectivity index is 2.45. The van der Waals surface area contributed by atoms with Crippen LogP contribution in [0.3, 0.4) is 0 Å². The Bertz CT molecular complexity index is 780. The highest BCUT2D eigenvalue weighted by atomic mass is 19.2. The lowest BCUT2D eigenvalue weighted by Gasteiger charge is -2.16. The molecular formula is C14H17F3N6O6. The molecule has 0 radical (unpaired) electrons. The van der Waals surface area contributed by atoms with Crippen molar-refractivity contribution < 1.29 is 42.3 Å². The number of hydrogen-bond acceptors (Lipinski definition) is 9. The highest BCUT2D eigenvalue weighted by Gasteiger charge is 2.23. The van der Waals surface area contributed by atoms with E-state index in [4.69, 9.17) is 5.11 Å². The van der Waals surface area contributed by atoms with Crippen LogP contribution in [-0.2, 0) is 19.2 Å². The third kappa shape index (κ3) is 8.06. The molecule has 12 nitrogen and oxygen atoms in total. The molecule has 160 valence electrons. The van der Waals surface area contributed by atoms with Gasteiger partial charge in [0, 0.05) is 0 Å². The van der Waals surface area contributed by atoms with Crippen molar-refractivity contribution in [1.82, 2.24) is 31.6 Å². The normalized spacial score (nSPS) is 11.3. The van der Waals surface area contributed by atoms with E-state index in [2.05, 4.69) is 31.0 Å². The van der Waals surface area contributed by atoms with Crippen LogP contribution < -0.4 is 26.3 Å². The van der Waals surface area contributed by atoms with Crippen molar-refractivity contribution in [3.8, 4) is 5.75 Å². The Labute approximate surface area is 161 Å². The van der Waals surface area contributed by atoms with Gasteiger partial charge < -0.3 is 25.9 Å². The molecule has 0 aliphatic rings. The van der Waals surface area contributed by atoms with Gasteiger partial charge in [-0.05, 0) is 6.92 Å². The average Bonchev–Trinajstić information content (AvgIpc) is 2.68. The predicted octanol–water partition coefficient (Wildman–Crippen LogP) is -2.92. The SMILES string of the molecule is CC(=O)CNC(=O)CNC(=O)CNC(=O)[C@H](CO)NOc1c(F)nnc(F)c1F. The van der Waals surface area contributed by atoms with Gasteiger partial charge in [-0.25, -0.2) is 0 Å². The number of nitrogens with zero attached hydrogens (tertiary/aromatic N) is 2. The first kappa shape index (κ1) is 23.7. The van der Waals surface area contributed by atoms with E-state index in [1.807, 2.05) is 0 Å². The summed E-state index contributed by atoms with van der Waals surface area (Å²) in [5.74, 6) is -9.23. The summed E-state index contributed by atoms with van der Waals surface area (Å²) in [7, 11) is 0. The number of rotatable bonds is 11. The monoisotopic (exact) mass is 422 g/mol. The summed E-state index contributed by atoms with van der Waals surface area (Å²) in [6.45, 7) is -0.941. The van der Waals surface area contributed by atoms with Gasteiger partial charge in [0.2, 0.25) is 29.3 Å². The largest absolute Gasteiger partial charge is 0.400 e. The van der Waals surface area contributed by atoms with Gasteiger partial charge in [-0.3, -0.25) is 19.2 Å². The number of nitrogens with one attached hydrogen (secondary N) is 4. The van der Waals surface area contributed by atoms with Crippen LogP contribution in [0.5, 0.6) is 5.75 Å². The Morgan fingerprint density at radius 3 is 2.10 bits per heavy atom. The van der Waals surface area contributed by atoms with Gasteiger partial charge in [-0.2, -0.15) is 13.2 Å². The van der Waals surface area contributed by atoms with Gasteiger partial charge in [-0.15, -0.1) is 15.7 Å². The number of ketones is 1. The first-order valence-corrected chi connectivity index (χ1v) is 7.86. The molecule has 1 aromatic rings. The van der Waals surface area contributed by atoms with E-state index in [0.717, 1.165) is 0 Å². The summed E-state index contributed by atoms with van der Waals surface area (Å²) in [6.07, 6.45) is 0. The number of carbonyl (C=O) groups is 4. The highest BCUT2D eigenvalue weighted by Crippen LogP contribution is 2.19. The lowest BCUT2D eigenvalue weighted by atomic mass is 10.3. The number of halogens is 3. The maximum absolute atomic E-state index is 13.4. The molecule has 1 atom stereocenters. The molecule has 15 heteroatoms. The van der Waals surface area contributed by atoms with Crippen molar-refractivity contribution in [2.24, 2.45) is 0 Å². The summed E-state index contributed by atoms with van der Waals surface area (Å²) >= 11 is 0. The molecule has 1 rings (SSSR count). The molecule has 0 fully saturated rings. The second kappa shape index (κ2) is 11.5. The Kier molecular flexibility index (Phi) is 9.40. The van der Waals surface area contributed by atoms with E-state index in [1.165, 1.54) is 6.92 Å². The first-order chi connectivity index (χ1) is 13.6. The predicted molar refractivity (Wildman–Crippen MR) is 86.3 cm³/mol. The van der Waals surface area contributed by atoms with Gasteiger partial charge in [-0.1, -0.05) is 0 Å². The second-order valence-corrected chi connectivity index (χ2v) is 5.35. The molecule has 0 aliphatic carbocycles. The molecule has 3 amide bonds. The summed E-state index contributed by atoms with van der Waals surface area (Å²) in [4.78, 5) is 49.8. The summed E-state index contributed by atoms with van der Waals surface area (Å²) in [5, 5.41) is 20.7. The Hall–Kier alpha value is -3.33. The van der Waals surface area contributed by atoms with E-state index >= 15 is 0 Å². The van der Waals surface area contributed by atoms with Crippen LogP contribution >= 0.6 is 0 Å². The van der Waals surface area contributed by atoms with Gasteiger partial charge in [0.1, 0.15) is 11.8 Å². The fourth-order valence-corrected chi connectivity index (χ4v) is 1.57. The average molecular weight is 422 g/mol. The number of aliphatic hydroxyl groups excluding tert-OH is 1. The minimum atomic E-state index is -1.82. The fourth-order valence-electron chi connectivity index (χ4n) is 1.57.